The van der Waals surface area contributed by atoms with Crippen molar-refractivity contribution in [3.63, 3.8) is 0 Å². The average Bonchev–Trinajstić information content (AvgIpc) is 1.61. The molecule has 0 radical (unpaired) electrons. The Balaban J connectivity index is 1.10. The lowest BCUT2D eigenvalue weighted by atomic mass is 9.75. The van der Waals surface area contributed by atoms with E-state index in [1.54, 1.807) is 146 Å². The highest BCUT2D eigenvalue weighted by Crippen LogP contribution is 2.61. The third-order valence-electron chi connectivity index (χ3n) is 19.8. The average molecular weight is 1340 g/mol. The fourth-order valence-corrected chi connectivity index (χ4v) is 20.5. The van der Waals surface area contributed by atoms with E-state index in [4.69, 9.17) is 36.2 Å². The van der Waals surface area contributed by atoms with Gasteiger partial charge in [-0.1, -0.05) is 86.6 Å². The molecular weight excluding hydrogens is 1270 g/mol. The molecule has 24 bridgehead atoms. The van der Waals surface area contributed by atoms with Crippen LogP contribution in [0.1, 0.15) is 121 Å². The molecule has 16 nitrogen and oxygen atoms in total. The van der Waals surface area contributed by atoms with Gasteiger partial charge in [-0.05, 0) is 201 Å². The fraction of sp³-hybridized carbons (Fsp3) is 0.147. The first-order valence-corrected chi connectivity index (χ1v) is 37.5. The monoisotopic (exact) mass is 1330 g/mol. The Morgan fingerprint density at radius 3 is 0.684 bits per heavy atom. The molecular formula is C75H62N4O12P4. The number of H-pyrrole nitrogens is 4. The van der Waals surface area contributed by atoms with E-state index in [-0.39, 0.29) is 67.2 Å². The molecule has 0 fully saturated rings. The lowest BCUT2D eigenvalue weighted by Crippen LogP contribution is -2.32. The van der Waals surface area contributed by atoms with Gasteiger partial charge in [0, 0.05) is 69.3 Å². The summed E-state index contributed by atoms with van der Waals surface area (Å²) in [6.07, 6.45) is 0. The molecule has 0 saturated carbocycles. The van der Waals surface area contributed by atoms with E-state index in [9.17, 15) is 0 Å². The number of aromatic amines is 4. The van der Waals surface area contributed by atoms with E-state index in [0.717, 1.165) is 0 Å². The molecule has 9 heterocycles. The smallest absolute Gasteiger partial charge is 0.413 e. The predicted octanol–water partition coefficient (Wildman–Crippen LogP) is 17.0. The molecule has 95 heavy (non-hydrogen) atoms. The molecule has 6 unspecified atom stereocenters. The zero-order valence-corrected chi connectivity index (χ0v) is 55.9. The largest absolute Gasteiger partial charge is 0.462 e. The molecule has 0 amide bonds. The van der Waals surface area contributed by atoms with Gasteiger partial charge >= 0.3 is 30.4 Å². The van der Waals surface area contributed by atoms with Crippen molar-refractivity contribution in [2.45, 2.75) is 69.1 Å². The molecule has 0 spiro atoms. The van der Waals surface area contributed by atoms with E-state index in [1.807, 2.05) is 74.5 Å². The highest BCUT2D eigenvalue weighted by atomic mass is 31.2. The first-order valence-electron chi connectivity index (χ1n) is 31.3. The highest BCUT2D eigenvalue weighted by molar-refractivity contribution is 7.64. The zero-order chi connectivity index (χ0) is 65.1. The lowest BCUT2D eigenvalue weighted by molar-refractivity contribution is 0.383. The second-order valence-corrected chi connectivity index (χ2v) is 33.3. The molecule has 5 aliphatic rings. The third-order valence-corrected chi connectivity index (χ3v) is 27.1. The molecule has 5 aliphatic heterocycles. The van der Waals surface area contributed by atoms with Crippen LogP contribution < -0.4 is 57.4 Å². The van der Waals surface area contributed by atoms with Crippen LogP contribution in [0.2, 0.25) is 0 Å². The summed E-state index contributed by atoms with van der Waals surface area (Å²) in [5, 5.41) is 0.755. The molecule has 20 heteroatoms. The topological polar surface area (TPSA) is 205 Å². The number of aromatic nitrogens is 4. The second-order valence-electron chi connectivity index (χ2n) is 25.8. The number of fused-ring (bicyclic) bond motifs is 11. The molecule has 474 valence electrons. The maximum absolute atomic E-state index is 17.0. The number of hydrogen-bond donors (Lipinski definition) is 4. The third kappa shape index (κ3) is 9.09. The van der Waals surface area contributed by atoms with Crippen molar-refractivity contribution < 1.29 is 54.5 Å². The van der Waals surface area contributed by atoms with Gasteiger partial charge in [0.15, 0.2) is 0 Å². The Morgan fingerprint density at radius 2 is 0.474 bits per heavy atom. The SMILES string of the molecule is CC(C)c1c2cc3cc1OP(=O)(c1ccccc1)Oc1cc4cc(c1)[C@]1(C)c5ccc([nH]5)C5(C)c6cc(cc(c6)OP(=O)(c6ccccc6)O4)OP(=O)(c4ccccc4)Oc4cc(cc(c4)[C@@](C)(c4ccc5[nH]4)c4ccc([nH]4)C3(C)c3ccc1[nH]3)OP(=O)(c1ccccc1)O2. The van der Waals surface area contributed by atoms with Crippen molar-refractivity contribution in [3.8, 4) is 46.0 Å². The number of rotatable bonds is 5. The van der Waals surface area contributed by atoms with Gasteiger partial charge in [-0.2, -0.15) is 0 Å². The molecule has 0 saturated heterocycles. The summed E-state index contributed by atoms with van der Waals surface area (Å²) in [7, 11) is -18.9. The quantitative estimate of drug-likeness (QED) is 0.119. The summed E-state index contributed by atoms with van der Waals surface area (Å²) in [5.41, 5.74) is 2.97. The number of nitrogens with one attached hydrogen (secondary N) is 4. The van der Waals surface area contributed by atoms with E-state index in [2.05, 4.69) is 59.8 Å². The Morgan fingerprint density at radius 1 is 0.274 bits per heavy atom. The predicted molar refractivity (Wildman–Crippen MR) is 365 cm³/mol. The van der Waals surface area contributed by atoms with Crippen LogP contribution >= 0.6 is 30.4 Å². The normalized spacial score (nSPS) is 26.4. The minimum absolute atomic E-state index is 0.00589. The van der Waals surface area contributed by atoms with Crippen molar-refractivity contribution in [1.82, 2.24) is 19.9 Å². The molecule has 4 N–H and O–H groups in total. The van der Waals surface area contributed by atoms with Crippen molar-refractivity contribution in [2.75, 3.05) is 0 Å². The van der Waals surface area contributed by atoms with E-state index in [0.29, 0.717) is 73.4 Å². The zero-order valence-electron chi connectivity index (χ0n) is 52.3. The van der Waals surface area contributed by atoms with E-state index >= 15 is 18.3 Å². The molecule has 4 aromatic heterocycles. The van der Waals surface area contributed by atoms with Crippen LogP contribution in [0.25, 0.3) is 0 Å². The standard InChI is InChI=1S/C75H62N4O12P4/c1-46(2)71-61-41-50-42-62(71)91-95(83,60-25-17-10-18-26-60)89-56-40-49-38-54(45-56)87-93(81,58-21-13-8-14-22-58)85-52-36-47-35-51(43-52)84-92(80,57-19-11-7-12-20-57)86-53-37-48(39-55(44-53)88-94(82,90-61)59-23-15-9-16-24-59)73(4)65-29-27-63(76-65)72(47,3)64-28-30-66(77-64)74(49,5)68-32-34-70(79-68)75(50,6)69-33-31-67(73)78-69/h7-46,76-79H,1-6H3/t72?,73-,74+,75?,92?,93?,94?,95?. The first kappa shape index (κ1) is 59.0. The Kier molecular flexibility index (Phi) is 12.9. The molecule has 0 aliphatic carbocycles. The van der Waals surface area contributed by atoms with Gasteiger partial charge in [0.1, 0.15) is 46.0 Å². The van der Waals surface area contributed by atoms with Gasteiger partial charge in [-0.15, -0.1) is 0 Å². The Hall–Kier alpha value is -9.80. The molecule has 8 aromatic carbocycles. The van der Waals surface area contributed by atoms with Crippen LogP contribution in [0, 0.1) is 0 Å². The van der Waals surface area contributed by atoms with Crippen LogP contribution in [-0.4, -0.2) is 19.9 Å². The number of hydrogen-bond acceptors (Lipinski definition) is 12. The minimum Gasteiger partial charge on any atom is -0.413 e. The first-order chi connectivity index (χ1) is 45.6. The van der Waals surface area contributed by atoms with Crippen LogP contribution in [0.3, 0.4) is 0 Å². The van der Waals surface area contributed by atoms with Crippen LogP contribution in [0.4, 0.5) is 0 Å². The van der Waals surface area contributed by atoms with Crippen LogP contribution in [0.15, 0.2) is 237 Å². The fourth-order valence-electron chi connectivity index (χ4n) is 14.3. The van der Waals surface area contributed by atoms with Gasteiger partial charge in [0.05, 0.1) is 42.9 Å². The van der Waals surface area contributed by atoms with Crippen LogP contribution in [0.5, 0.6) is 46.0 Å². The summed E-state index contributed by atoms with van der Waals surface area (Å²) in [6, 6.07) is 70.0. The van der Waals surface area contributed by atoms with Crippen molar-refractivity contribution in [2.24, 2.45) is 0 Å². The van der Waals surface area contributed by atoms with Crippen LogP contribution in [-0.2, 0) is 39.9 Å². The van der Waals surface area contributed by atoms with Gasteiger partial charge in [-0.25, -0.2) is 18.3 Å². The molecule has 8 atom stereocenters. The lowest BCUT2D eigenvalue weighted by Gasteiger charge is -2.36. The highest BCUT2D eigenvalue weighted by Gasteiger charge is 2.49. The Labute approximate surface area is 548 Å². The molecule has 17 rings (SSSR count). The Bertz CT molecular complexity index is 5010. The maximum atomic E-state index is 17.0. The van der Waals surface area contributed by atoms with Gasteiger partial charge in [-0.3, -0.25) is 0 Å². The van der Waals surface area contributed by atoms with Crippen molar-refractivity contribution in [1.29, 1.82) is 0 Å². The van der Waals surface area contributed by atoms with Gasteiger partial charge in [0.25, 0.3) is 0 Å². The summed E-state index contributed by atoms with van der Waals surface area (Å²) in [5.74, 6) is -0.279. The summed E-state index contributed by atoms with van der Waals surface area (Å²) < 4.78 is 125. The maximum Gasteiger partial charge on any atom is 0.462 e. The summed E-state index contributed by atoms with van der Waals surface area (Å²) in [4.78, 5) is 16.0. The van der Waals surface area contributed by atoms with Crippen molar-refractivity contribution >= 4 is 51.6 Å². The summed E-state index contributed by atoms with van der Waals surface area (Å²) >= 11 is 0. The second kappa shape index (κ2) is 20.8. The van der Waals surface area contributed by atoms with E-state index in [1.165, 1.54) is 18.2 Å². The van der Waals surface area contributed by atoms with Gasteiger partial charge < -0.3 is 56.1 Å². The minimum atomic E-state index is -4.74. The summed E-state index contributed by atoms with van der Waals surface area (Å²) in [6.45, 7) is 12.1. The van der Waals surface area contributed by atoms with Gasteiger partial charge in [0.2, 0.25) is 0 Å². The van der Waals surface area contributed by atoms with E-state index < -0.39 is 58.0 Å². The van der Waals surface area contributed by atoms with Crippen molar-refractivity contribution in [3.05, 3.63) is 310 Å². The molecule has 12 aromatic rings. The number of benzene rings is 8.